The van der Waals surface area contributed by atoms with Gasteiger partial charge in [-0.25, -0.2) is 4.99 Å². The minimum Gasteiger partial charge on any atom is -0.493 e. The lowest BCUT2D eigenvalue weighted by molar-refractivity contribution is -0.115. The number of amides is 1. The van der Waals surface area contributed by atoms with Crippen molar-refractivity contribution < 1.29 is 9.53 Å². The number of carbonyl (C=O) groups is 1. The van der Waals surface area contributed by atoms with Crippen LogP contribution in [0.2, 0.25) is 5.02 Å². The summed E-state index contributed by atoms with van der Waals surface area (Å²) < 4.78 is 5.60. The van der Waals surface area contributed by atoms with Crippen LogP contribution in [0, 0.1) is 6.92 Å². The van der Waals surface area contributed by atoms with Gasteiger partial charge in [-0.05, 0) is 55.4 Å². The van der Waals surface area contributed by atoms with Gasteiger partial charge in [0.1, 0.15) is 5.75 Å². The molecule has 4 nitrogen and oxygen atoms in total. The SMILES string of the molecule is CCOc1ccccc1/C=C1\SC(=Nc2ccc(C)c(Cl)c2)NC1=O. The third-order valence-electron chi connectivity index (χ3n) is 3.54. The number of thioether (sulfide) groups is 1. The number of halogens is 1. The summed E-state index contributed by atoms with van der Waals surface area (Å²) in [5.41, 5.74) is 2.55. The smallest absolute Gasteiger partial charge is 0.264 e. The Morgan fingerprint density at radius 1 is 1.28 bits per heavy atom. The summed E-state index contributed by atoms with van der Waals surface area (Å²) >= 11 is 7.42. The predicted octanol–water partition coefficient (Wildman–Crippen LogP) is 4.94. The monoisotopic (exact) mass is 372 g/mol. The zero-order valence-corrected chi connectivity index (χ0v) is 15.4. The number of carbonyl (C=O) groups excluding carboxylic acids is 1. The maximum absolute atomic E-state index is 12.2. The zero-order valence-electron chi connectivity index (χ0n) is 13.9. The largest absolute Gasteiger partial charge is 0.493 e. The number of nitrogens with one attached hydrogen (secondary N) is 1. The fourth-order valence-corrected chi connectivity index (χ4v) is 3.28. The Morgan fingerprint density at radius 2 is 2.08 bits per heavy atom. The minimum absolute atomic E-state index is 0.173. The van der Waals surface area contributed by atoms with Gasteiger partial charge in [-0.3, -0.25) is 4.79 Å². The predicted molar refractivity (Wildman–Crippen MR) is 105 cm³/mol. The van der Waals surface area contributed by atoms with Crippen LogP contribution in [0.15, 0.2) is 52.4 Å². The molecule has 6 heteroatoms. The van der Waals surface area contributed by atoms with E-state index in [1.807, 2.05) is 56.3 Å². The fourth-order valence-electron chi connectivity index (χ4n) is 2.28. The molecule has 25 heavy (non-hydrogen) atoms. The van der Waals surface area contributed by atoms with Gasteiger partial charge < -0.3 is 10.1 Å². The quantitative estimate of drug-likeness (QED) is 0.773. The van der Waals surface area contributed by atoms with Crippen LogP contribution >= 0.6 is 23.4 Å². The molecular formula is C19H17ClN2O2S. The molecular weight excluding hydrogens is 356 g/mol. The Hall–Kier alpha value is -2.24. The van der Waals surface area contributed by atoms with Crippen LogP contribution in [0.4, 0.5) is 5.69 Å². The molecule has 0 atom stereocenters. The van der Waals surface area contributed by atoms with Gasteiger partial charge in [0.15, 0.2) is 5.17 Å². The van der Waals surface area contributed by atoms with Crippen LogP contribution in [0.3, 0.4) is 0 Å². The van der Waals surface area contributed by atoms with Crippen LogP contribution in [-0.2, 0) is 4.79 Å². The molecule has 0 spiro atoms. The number of hydrogen-bond acceptors (Lipinski definition) is 4. The summed E-state index contributed by atoms with van der Waals surface area (Å²) in [7, 11) is 0. The molecule has 0 saturated carbocycles. The molecule has 1 saturated heterocycles. The lowest BCUT2D eigenvalue weighted by Gasteiger charge is -2.06. The molecule has 1 aliphatic heterocycles. The molecule has 1 aliphatic rings. The van der Waals surface area contributed by atoms with Crippen LogP contribution in [0.5, 0.6) is 5.75 Å². The average Bonchev–Trinajstić information content (AvgIpc) is 2.92. The number of rotatable bonds is 4. The van der Waals surface area contributed by atoms with E-state index in [4.69, 9.17) is 16.3 Å². The number of aliphatic imine (C=N–C) groups is 1. The summed E-state index contributed by atoms with van der Waals surface area (Å²) in [6.45, 7) is 4.43. The highest BCUT2D eigenvalue weighted by molar-refractivity contribution is 8.18. The van der Waals surface area contributed by atoms with Crippen molar-refractivity contribution in [3.63, 3.8) is 0 Å². The van der Waals surface area contributed by atoms with Crippen molar-refractivity contribution in [1.82, 2.24) is 5.32 Å². The zero-order chi connectivity index (χ0) is 17.8. The second kappa shape index (κ2) is 7.76. The highest BCUT2D eigenvalue weighted by Gasteiger charge is 2.24. The van der Waals surface area contributed by atoms with E-state index in [0.717, 1.165) is 16.9 Å². The minimum atomic E-state index is -0.173. The third-order valence-corrected chi connectivity index (χ3v) is 4.86. The first-order chi connectivity index (χ1) is 12.1. The van der Waals surface area contributed by atoms with Gasteiger partial charge in [-0.1, -0.05) is 35.9 Å². The molecule has 1 fully saturated rings. The molecule has 128 valence electrons. The third kappa shape index (κ3) is 4.24. The number of para-hydroxylation sites is 1. The fraction of sp³-hybridized carbons (Fsp3) is 0.158. The number of benzene rings is 2. The molecule has 0 aliphatic carbocycles. The van der Waals surface area contributed by atoms with Gasteiger partial charge in [-0.2, -0.15) is 0 Å². The van der Waals surface area contributed by atoms with Crippen molar-refractivity contribution in [2.45, 2.75) is 13.8 Å². The van der Waals surface area contributed by atoms with Gasteiger partial charge in [0, 0.05) is 10.6 Å². The van der Waals surface area contributed by atoms with E-state index in [9.17, 15) is 4.79 Å². The Balaban J connectivity index is 1.85. The number of ether oxygens (including phenoxy) is 1. The van der Waals surface area contributed by atoms with E-state index in [1.54, 1.807) is 6.07 Å². The highest BCUT2D eigenvalue weighted by Crippen LogP contribution is 2.31. The van der Waals surface area contributed by atoms with Crippen molar-refractivity contribution in [2.75, 3.05) is 6.61 Å². The van der Waals surface area contributed by atoms with E-state index in [-0.39, 0.29) is 5.91 Å². The molecule has 1 N–H and O–H groups in total. The highest BCUT2D eigenvalue weighted by atomic mass is 35.5. The van der Waals surface area contributed by atoms with Gasteiger partial charge in [0.05, 0.1) is 17.2 Å². The first kappa shape index (κ1) is 17.6. The van der Waals surface area contributed by atoms with Gasteiger partial charge in [0.2, 0.25) is 0 Å². The van der Waals surface area contributed by atoms with Crippen molar-refractivity contribution in [1.29, 1.82) is 0 Å². The molecule has 1 heterocycles. The van der Waals surface area contributed by atoms with Crippen LogP contribution in [0.25, 0.3) is 6.08 Å². The molecule has 3 rings (SSSR count). The molecule has 0 unspecified atom stereocenters. The first-order valence-corrected chi connectivity index (χ1v) is 9.04. The van der Waals surface area contributed by atoms with Crippen molar-refractivity contribution >= 4 is 46.2 Å². The lowest BCUT2D eigenvalue weighted by atomic mass is 10.2. The van der Waals surface area contributed by atoms with Crippen molar-refractivity contribution in [3.8, 4) is 5.75 Å². The number of aryl methyl sites for hydroxylation is 1. The Kier molecular flexibility index (Phi) is 5.46. The number of amidine groups is 1. The van der Waals surface area contributed by atoms with Gasteiger partial charge in [0.25, 0.3) is 5.91 Å². The molecule has 1 amide bonds. The van der Waals surface area contributed by atoms with Crippen LogP contribution < -0.4 is 10.1 Å². The Bertz CT molecular complexity index is 877. The molecule has 0 radical (unpaired) electrons. The van der Waals surface area contributed by atoms with Crippen molar-refractivity contribution in [2.24, 2.45) is 4.99 Å². The molecule has 0 bridgehead atoms. The summed E-state index contributed by atoms with van der Waals surface area (Å²) in [6, 6.07) is 13.2. The second-order valence-corrected chi connectivity index (χ2v) is 6.82. The molecule has 0 aromatic heterocycles. The maximum atomic E-state index is 12.2. The standard InChI is InChI=1S/C19H17ClN2O2S/c1-3-24-16-7-5-4-6-13(16)10-17-18(23)22-19(25-17)21-14-9-8-12(2)15(20)11-14/h4-11H,3H2,1-2H3,(H,21,22,23)/b17-10-. The van der Waals surface area contributed by atoms with E-state index >= 15 is 0 Å². The van der Waals surface area contributed by atoms with Crippen LogP contribution in [0.1, 0.15) is 18.1 Å². The van der Waals surface area contributed by atoms with Crippen molar-refractivity contribution in [3.05, 3.63) is 63.5 Å². The van der Waals surface area contributed by atoms with E-state index in [0.29, 0.717) is 27.4 Å². The van der Waals surface area contributed by atoms with Crippen LogP contribution in [-0.4, -0.2) is 17.7 Å². The van der Waals surface area contributed by atoms with Gasteiger partial charge in [-0.15, -0.1) is 0 Å². The lowest BCUT2D eigenvalue weighted by Crippen LogP contribution is -2.19. The molecule has 2 aromatic rings. The number of nitrogens with zero attached hydrogens (tertiary/aromatic N) is 1. The summed E-state index contributed by atoms with van der Waals surface area (Å²) in [5, 5.41) is 3.96. The van der Waals surface area contributed by atoms with Gasteiger partial charge >= 0.3 is 0 Å². The number of hydrogen-bond donors (Lipinski definition) is 1. The van der Waals surface area contributed by atoms with E-state index < -0.39 is 0 Å². The Labute approximate surface area is 155 Å². The first-order valence-electron chi connectivity index (χ1n) is 7.84. The Morgan fingerprint density at radius 3 is 2.84 bits per heavy atom. The summed E-state index contributed by atoms with van der Waals surface area (Å²) in [4.78, 5) is 17.2. The summed E-state index contributed by atoms with van der Waals surface area (Å²) in [5.74, 6) is 0.579. The average molecular weight is 373 g/mol. The normalized spacial score (nSPS) is 17.2. The topological polar surface area (TPSA) is 50.7 Å². The van der Waals surface area contributed by atoms with E-state index in [2.05, 4.69) is 10.3 Å². The van der Waals surface area contributed by atoms with E-state index in [1.165, 1.54) is 11.8 Å². The second-order valence-electron chi connectivity index (χ2n) is 5.39. The molecule has 2 aromatic carbocycles. The summed E-state index contributed by atoms with van der Waals surface area (Å²) in [6.07, 6.45) is 1.82. The maximum Gasteiger partial charge on any atom is 0.264 e.